The van der Waals surface area contributed by atoms with Gasteiger partial charge in [-0.3, -0.25) is 0 Å². The number of rotatable bonds is 10. The van der Waals surface area contributed by atoms with Crippen LogP contribution in [0.1, 0.15) is 59.3 Å². The SMILES string of the molecule is C=CS(=O)(=O)N(C)CC(C)(CC)CCCCCC. The first-order valence-electron chi connectivity index (χ1n) is 6.90. The highest BCUT2D eigenvalue weighted by molar-refractivity contribution is 7.91. The van der Waals surface area contributed by atoms with E-state index in [9.17, 15) is 8.42 Å². The first kappa shape index (κ1) is 17.6. The van der Waals surface area contributed by atoms with Gasteiger partial charge in [-0.25, -0.2) is 12.7 Å². The molecule has 0 N–H and O–H groups in total. The van der Waals surface area contributed by atoms with Crippen molar-refractivity contribution in [3.8, 4) is 0 Å². The molecule has 0 radical (unpaired) electrons. The molecule has 0 saturated carbocycles. The average Bonchev–Trinajstić information content (AvgIpc) is 2.34. The molecule has 0 aliphatic carbocycles. The van der Waals surface area contributed by atoms with E-state index < -0.39 is 10.0 Å². The Morgan fingerprint density at radius 2 is 1.83 bits per heavy atom. The molecule has 0 aliphatic heterocycles. The minimum absolute atomic E-state index is 0.0680. The molecular formula is C14H29NO2S. The van der Waals surface area contributed by atoms with Gasteiger partial charge in [0, 0.05) is 19.0 Å². The molecule has 0 rings (SSSR count). The molecule has 0 aromatic carbocycles. The van der Waals surface area contributed by atoms with Gasteiger partial charge in [0.2, 0.25) is 10.0 Å². The summed E-state index contributed by atoms with van der Waals surface area (Å²) in [6, 6.07) is 0. The lowest BCUT2D eigenvalue weighted by molar-refractivity contribution is 0.221. The summed E-state index contributed by atoms with van der Waals surface area (Å²) in [5.74, 6) is 0. The molecule has 1 unspecified atom stereocenters. The van der Waals surface area contributed by atoms with E-state index in [4.69, 9.17) is 0 Å². The topological polar surface area (TPSA) is 37.4 Å². The van der Waals surface area contributed by atoms with Crippen molar-refractivity contribution >= 4 is 10.0 Å². The Morgan fingerprint density at radius 1 is 1.22 bits per heavy atom. The zero-order valence-corrected chi connectivity index (χ0v) is 13.2. The fraction of sp³-hybridized carbons (Fsp3) is 0.857. The summed E-state index contributed by atoms with van der Waals surface area (Å²) in [4.78, 5) is 0. The molecule has 0 fully saturated rings. The van der Waals surface area contributed by atoms with Crippen LogP contribution in [0, 0.1) is 5.41 Å². The molecule has 0 heterocycles. The number of hydrogen-bond acceptors (Lipinski definition) is 2. The lowest BCUT2D eigenvalue weighted by Gasteiger charge is -2.32. The number of unbranched alkanes of at least 4 members (excludes halogenated alkanes) is 3. The molecule has 1 atom stereocenters. The summed E-state index contributed by atoms with van der Waals surface area (Å²) in [5.41, 5.74) is 0.0680. The van der Waals surface area contributed by atoms with Crippen LogP contribution < -0.4 is 0 Å². The Labute approximate surface area is 113 Å². The van der Waals surface area contributed by atoms with Crippen LogP contribution in [0.25, 0.3) is 0 Å². The molecule has 0 spiro atoms. The third-order valence-corrected chi connectivity index (χ3v) is 5.16. The van der Waals surface area contributed by atoms with Gasteiger partial charge in [-0.2, -0.15) is 0 Å². The standard InChI is InChI=1S/C14H29NO2S/c1-6-9-10-11-12-14(4,7-2)13-15(5)18(16,17)8-3/h8H,3,6-7,9-13H2,1-2,4-5H3. The van der Waals surface area contributed by atoms with E-state index in [-0.39, 0.29) is 5.41 Å². The highest BCUT2D eigenvalue weighted by atomic mass is 32.2. The highest BCUT2D eigenvalue weighted by Crippen LogP contribution is 2.30. The maximum Gasteiger partial charge on any atom is 0.235 e. The van der Waals surface area contributed by atoms with Gasteiger partial charge < -0.3 is 0 Å². The molecule has 0 aliphatic rings. The highest BCUT2D eigenvalue weighted by Gasteiger charge is 2.27. The molecule has 0 aromatic rings. The van der Waals surface area contributed by atoms with Crippen molar-refractivity contribution in [3.05, 3.63) is 12.0 Å². The van der Waals surface area contributed by atoms with Gasteiger partial charge in [0.15, 0.2) is 0 Å². The van der Waals surface area contributed by atoms with E-state index in [1.54, 1.807) is 7.05 Å². The number of nitrogens with zero attached hydrogens (tertiary/aromatic N) is 1. The van der Waals surface area contributed by atoms with E-state index in [0.717, 1.165) is 18.2 Å². The lowest BCUT2D eigenvalue weighted by atomic mass is 9.82. The van der Waals surface area contributed by atoms with Crippen LogP contribution in [0.15, 0.2) is 12.0 Å². The summed E-state index contributed by atoms with van der Waals surface area (Å²) < 4.78 is 24.8. The van der Waals surface area contributed by atoms with Crippen LogP contribution in [0.3, 0.4) is 0 Å². The molecule has 0 bridgehead atoms. The molecule has 108 valence electrons. The van der Waals surface area contributed by atoms with Crippen LogP contribution in [0.2, 0.25) is 0 Å². The van der Waals surface area contributed by atoms with E-state index in [1.165, 1.54) is 30.0 Å². The van der Waals surface area contributed by atoms with Crippen LogP contribution >= 0.6 is 0 Å². The van der Waals surface area contributed by atoms with Gasteiger partial charge in [0.05, 0.1) is 0 Å². The van der Waals surface area contributed by atoms with Gasteiger partial charge in [0.1, 0.15) is 0 Å². The third-order valence-electron chi connectivity index (χ3n) is 3.74. The van der Waals surface area contributed by atoms with E-state index in [2.05, 4.69) is 27.4 Å². The Bertz CT molecular complexity index is 338. The van der Waals surface area contributed by atoms with Crippen LogP contribution in [0.5, 0.6) is 0 Å². The first-order chi connectivity index (χ1) is 8.31. The van der Waals surface area contributed by atoms with Crippen LogP contribution in [0.4, 0.5) is 0 Å². The van der Waals surface area contributed by atoms with Crippen LogP contribution in [-0.2, 0) is 10.0 Å². The van der Waals surface area contributed by atoms with Crippen molar-refractivity contribution in [2.75, 3.05) is 13.6 Å². The summed E-state index contributed by atoms with van der Waals surface area (Å²) in [6.07, 6.45) is 7.00. The number of sulfonamides is 1. The average molecular weight is 275 g/mol. The van der Waals surface area contributed by atoms with Crippen molar-refractivity contribution in [2.24, 2.45) is 5.41 Å². The van der Waals surface area contributed by atoms with E-state index >= 15 is 0 Å². The predicted molar refractivity (Wildman–Crippen MR) is 78.9 cm³/mol. The quantitative estimate of drug-likeness (QED) is 0.569. The maximum absolute atomic E-state index is 11.7. The summed E-state index contributed by atoms with van der Waals surface area (Å²) in [5, 5.41) is 1.03. The zero-order chi connectivity index (χ0) is 14.2. The Kier molecular flexibility index (Phi) is 7.79. The van der Waals surface area contributed by atoms with Gasteiger partial charge in [-0.05, 0) is 18.3 Å². The second-order valence-corrected chi connectivity index (χ2v) is 7.43. The zero-order valence-electron chi connectivity index (χ0n) is 12.4. The molecule has 0 saturated heterocycles. The van der Waals surface area contributed by atoms with Crippen LogP contribution in [-0.4, -0.2) is 26.3 Å². The largest absolute Gasteiger partial charge is 0.235 e. The fourth-order valence-electron chi connectivity index (χ4n) is 2.10. The number of hydrogen-bond donors (Lipinski definition) is 0. The Balaban J connectivity index is 4.42. The molecule has 18 heavy (non-hydrogen) atoms. The lowest BCUT2D eigenvalue weighted by Crippen LogP contribution is -2.36. The Hall–Kier alpha value is -0.350. The predicted octanol–water partition coefficient (Wildman–Crippen LogP) is 3.78. The second kappa shape index (κ2) is 7.95. The molecule has 3 nitrogen and oxygen atoms in total. The molecule has 4 heteroatoms. The minimum Gasteiger partial charge on any atom is -0.208 e. The van der Waals surface area contributed by atoms with Crippen molar-refractivity contribution in [2.45, 2.75) is 59.3 Å². The van der Waals surface area contributed by atoms with E-state index in [0.29, 0.717) is 6.54 Å². The maximum atomic E-state index is 11.7. The monoisotopic (exact) mass is 275 g/mol. The second-order valence-electron chi connectivity index (χ2n) is 5.44. The van der Waals surface area contributed by atoms with Crippen molar-refractivity contribution in [1.82, 2.24) is 4.31 Å². The third kappa shape index (κ3) is 6.01. The smallest absolute Gasteiger partial charge is 0.208 e. The van der Waals surface area contributed by atoms with Gasteiger partial charge in [-0.1, -0.05) is 53.0 Å². The van der Waals surface area contributed by atoms with E-state index in [1.807, 2.05) is 0 Å². The van der Waals surface area contributed by atoms with Crippen molar-refractivity contribution < 1.29 is 8.42 Å². The summed E-state index contributed by atoms with van der Waals surface area (Å²) in [7, 11) is -1.64. The van der Waals surface area contributed by atoms with Crippen molar-refractivity contribution in [3.63, 3.8) is 0 Å². The minimum atomic E-state index is -3.28. The first-order valence-corrected chi connectivity index (χ1v) is 8.40. The Morgan fingerprint density at radius 3 is 2.28 bits per heavy atom. The van der Waals surface area contributed by atoms with Gasteiger partial charge in [-0.15, -0.1) is 0 Å². The van der Waals surface area contributed by atoms with Gasteiger partial charge >= 0.3 is 0 Å². The fourth-order valence-corrected chi connectivity index (χ4v) is 2.85. The summed E-state index contributed by atoms with van der Waals surface area (Å²) in [6.45, 7) is 10.4. The molecular weight excluding hydrogens is 246 g/mol. The summed E-state index contributed by atoms with van der Waals surface area (Å²) >= 11 is 0. The molecule has 0 amide bonds. The normalized spacial score (nSPS) is 15.6. The van der Waals surface area contributed by atoms with Gasteiger partial charge in [0.25, 0.3) is 0 Å². The van der Waals surface area contributed by atoms with Crippen molar-refractivity contribution in [1.29, 1.82) is 0 Å². The molecule has 0 aromatic heterocycles.